The maximum absolute atomic E-state index is 10.2. The lowest BCUT2D eigenvalue weighted by Crippen LogP contribution is -2.07. The molecule has 1 aromatic heterocycles. The number of halogens is 1. The highest BCUT2D eigenvalue weighted by molar-refractivity contribution is 7.82. The molecule has 0 saturated carbocycles. The first kappa shape index (κ1) is 8.36. The van der Waals surface area contributed by atoms with Crippen molar-refractivity contribution in [3.05, 3.63) is 23.4 Å². The Bertz CT molecular complexity index is 269. The molecule has 1 amide bonds. The lowest BCUT2D eigenvalue weighted by molar-refractivity contribution is -0.106. The first-order chi connectivity index (χ1) is 5.24. The maximum atomic E-state index is 10.2. The van der Waals surface area contributed by atoms with Gasteiger partial charge in [-0.1, -0.05) is 30.5 Å². The molecular weight excluding hydrogens is 184 g/mol. The van der Waals surface area contributed by atoms with E-state index in [0.717, 1.165) is 4.31 Å². The summed E-state index contributed by atoms with van der Waals surface area (Å²) < 4.78 is 1.05. The van der Waals surface area contributed by atoms with Crippen LogP contribution in [0.1, 0.15) is 0 Å². The molecule has 0 unspecified atom stereocenters. The van der Waals surface area contributed by atoms with E-state index in [9.17, 15) is 4.79 Å². The minimum Gasteiger partial charge on any atom is -0.277 e. The Morgan fingerprint density at radius 2 is 2.36 bits per heavy atom. The predicted molar refractivity (Wildman–Crippen MR) is 46.8 cm³/mol. The normalized spacial score (nSPS) is 9.27. The van der Waals surface area contributed by atoms with Gasteiger partial charge in [0.25, 0.3) is 0 Å². The highest BCUT2D eigenvalue weighted by Gasteiger charge is 2.00. The summed E-state index contributed by atoms with van der Waals surface area (Å²) in [6.07, 6.45) is 0.543. The minimum absolute atomic E-state index is 0.336. The van der Waals surface area contributed by atoms with E-state index < -0.39 is 0 Å². The smallest absolute Gasteiger partial charge is 0.225 e. The maximum Gasteiger partial charge on any atom is 0.225 e. The van der Waals surface area contributed by atoms with E-state index in [4.69, 9.17) is 11.6 Å². The van der Waals surface area contributed by atoms with Crippen molar-refractivity contribution in [2.45, 2.75) is 0 Å². The van der Waals surface area contributed by atoms with Crippen LogP contribution in [0.25, 0.3) is 0 Å². The van der Waals surface area contributed by atoms with Crippen LogP contribution in [-0.2, 0) is 4.79 Å². The molecule has 0 radical (unpaired) electrons. The third-order valence-electron chi connectivity index (χ3n) is 1.03. The van der Waals surface area contributed by atoms with Gasteiger partial charge in [-0.25, -0.2) is 9.29 Å². The summed E-state index contributed by atoms with van der Waals surface area (Å²) in [5.74, 6) is 0.413. The van der Waals surface area contributed by atoms with Crippen molar-refractivity contribution < 1.29 is 4.79 Å². The highest BCUT2D eigenvalue weighted by atomic mass is 35.5. The quantitative estimate of drug-likeness (QED) is 0.434. The van der Waals surface area contributed by atoms with E-state index in [0.29, 0.717) is 17.4 Å². The molecule has 0 aliphatic carbocycles. The standard InChI is InChI=1S/C6H5ClN2OS/c7-5-2-1-3-6(8-5)9(11)4-10/h1-4,11H. The summed E-state index contributed by atoms with van der Waals surface area (Å²) in [4.78, 5) is 14.0. The molecule has 0 spiro atoms. The fourth-order valence-electron chi connectivity index (χ4n) is 0.579. The molecule has 0 saturated heterocycles. The highest BCUT2D eigenvalue weighted by Crippen LogP contribution is 2.13. The first-order valence-corrected chi connectivity index (χ1v) is 3.58. The molecule has 0 N–H and O–H groups in total. The zero-order valence-electron chi connectivity index (χ0n) is 5.44. The van der Waals surface area contributed by atoms with Gasteiger partial charge in [-0.2, -0.15) is 0 Å². The van der Waals surface area contributed by atoms with Gasteiger partial charge in [-0.05, 0) is 12.1 Å². The second-order valence-electron chi connectivity index (χ2n) is 1.77. The van der Waals surface area contributed by atoms with Crippen LogP contribution in [0, 0.1) is 0 Å². The van der Waals surface area contributed by atoms with Crippen molar-refractivity contribution in [2.75, 3.05) is 4.31 Å². The topological polar surface area (TPSA) is 33.2 Å². The van der Waals surface area contributed by atoms with Gasteiger partial charge < -0.3 is 0 Å². The molecule has 1 heterocycles. The molecule has 1 aromatic rings. The lowest BCUT2D eigenvalue weighted by Gasteiger charge is -2.06. The number of nitrogens with zero attached hydrogens (tertiary/aromatic N) is 2. The number of anilines is 1. The Morgan fingerprint density at radius 1 is 1.64 bits per heavy atom. The molecule has 0 aromatic carbocycles. The van der Waals surface area contributed by atoms with Crippen LogP contribution in [0.2, 0.25) is 5.15 Å². The van der Waals surface area contributed by atoms with Crippen molar-refractivity contribution in [1.82, 2.24) is 4.98 Å². The molecule has 0 atom stereocenters. The summed E-state index contributed by atoms with van der Waals surface area (Å²) in [6, 6.07) is 4.95. The lowest BCUT2D eigenvalue weighted by atomic mass is 10.5. The van der Waals surface area contributed by atoms with E-state index >= 15 is 0 Å². The van der Waals surface area contributed by atoms with Crippen LogP contribution in [0.3, 0.4) is 0 Å². The Morgan fingerprint density at radius 3 is 2.91 bits per heavy atom. The predicted octanol–water partition coefficient (Wildman–Crippen LogP) is 1.54. The number of pyridine rings is 1. The monoisotopic (exact) mass is 188 g/mol. The van der Waals surface area contributed by atoms with Gasteiger partial charge >= 0.3 is 0 Å². The molecule has 58 valence electrons. The Labute approximate surface area is 74.5 Å². The number of hydrogen-bond acceptors (Lipinski definition) is 3. The zero-order valence-corrected chi connectivity index (χ0v) is 7.09. The SMILES string of the molecule is O=CN(S)c1cccc(Cl)n1. The fraction of sp³-hybridized carbons (Fsp3) is 0. The van der Waals surface area contributed by atoms with Crippen molar-refractivity contribution in [3.63, 3.8) is 0 Å². The zero-order chi connectivity index (χ0) is 8.27. The van der Waals surface area contributed by atoms with Gasteiger partial charge in [0.1, 0.15) is 11.0 Å². The number of carbonyl (C=O) groups is 1. The number of aromatic nitrogens is 1. The van der Waals surface area contributed by atoms with Gasteiger partial charge in [0, 0.05) is 0 Å². The average molecular weight is 189 g/mol. The van der Waals surface area contributed by atoms with Crippen LogP contribution < -0.4 is 4.31 Å². The van der Waals surface area contributed by atoms with Gasteiger partial charge in [-0.15, -0.1) is 0 Å². The van der Waals surface area contributed by atoms with E-state index in [2.05, 4.69) is 17.8 Å². The Kier molecular flexibility index (Phi) is 2.73. The van der Waals surface area contributed by atoms with Gasteiger partial charge in [0.2, 0.25) is 6.41 Å². The van der Waals surface area contributed by atoms with Crippen LogP contribution in [0.15, 0.2) is 18.2 Å². The Hall–Kier alpha value is -0.740. The van der Waals surface area contributed by atoms with Gasteiger partial charge in [0.15, 0.2) is 0 Å². The second-order valence-corrected chi connectivity index (χ2v) is 2.59. The largest absolute Gasteiger partial charge is 0.277 e. The van der Waals surface area contributed by atoms with Crippen LogP contribution in [-0.4, -0.2) is 11.4 Å². The van der Waals surface area contributed by atoms with Gasteiger partial charge in [0.05, 0.1) is 0 Å². The van der Waals surface area contributed by atoms with Crippen molar-refractivity contribution in [2.24, 2.45) is 0 Å². The molecule has 1 rings (SSSR count). The Balaban J connectivity index is 2.95. The molecule has 0 aliphatic heterocycles. The van der Waals surface area contributed by atoms with Crippen LogP contribution in [0.4, 0.5) is 5.82 Å². The average Bonchev–Trinajstić information content (AvgIpc) is 2.03. The molecule has 0 bridgehead atoms. The fourth-order valence-corrected chi connectivity index (χ4v) is 0.850. The van der Waals surface area contributed by atoms with Gasteiger partial charge in [-0.3, -0.25) is 4.79 Å². The van der Waals surface area contributed by atoms with Crippen LogP contribution in [0.5, 0.6) is 0 Å². The molecule has 5 heteroatoms. The summed E-state index contributed by atoms with van der Waals surface area (Å²) in [5.41, 5.74) is 0. The second kappa shape index (κ2) is 3.59. The van der Waals surface area contributed by atoms with Crippen molar-refractivity contribution in [3.8, 4) is 0 Å². The molecule has 0 aliphatic rings. The van der Waals surface area contributed by atoms with E-state index in [1.54, 1.807) is 18.2 Å². The number of amides is 1. The molecule has 0 fully saturated rings. The molecule has 11 heavy (non-hydrogen) atoms. The third kappa shape index (κ3) is 2.10. The summed E-state index contributed by atoms with van der Waals surface area (Å²) in [6.45, 7) is 0. The van der Waals surface area contributed by atoms with Crippen LogP contribution >= 0.6 is 24.4 Å². The minimum atomic E-state index is 0.336. The summed E-state index contributed by atoms with van der Waals surface area (Å²) in [7, 11) is 0. The number of rotatable bonds is 2. The molecule has 3 nitrogen and oxygen atoms in total. The summed E-state index contributed by atoms with van der Waals surface area (Å²) in [5, 5.41) is 0.336. The van der Waals surface area contributed by atoms with E-state index in [1.165, 1.54) is 0 Å². The van der Waals surface area contributed by atoms with E-state index in [-0.39, 0.29) is 0 Å². The number of thiol groups is 1. The van der Waals surface area contributed by atoms with Crippen molar-refractivity contribution in [1.29, 1.82) is 0 Å². The summed E-state index contributed by atoms with van der Waals surface area (Å²) >= 11 is 9.37. The number of hydrogen-bond donors (Lipinski definition) is 1. The number of carbonyl (C=O) groups excluding carboxylic acids is 1. The van der Waals surface area contributed by atoms with E-state index in [1.807, 2.05) is 0 Å². The first-order valence-electron chi connectivity index (χ1n) is 2.80. The third-order valence-corrected chi connectivity index (χ3v) is 1.54. The van der Waals surface area contributed by atoms with Crippen molar-refractivity contribution >= 4 is 36.6 Å². The molecular formula is C6H5ClN2OS.